The molecule has 0 radical (unpaired) electrons. The molecule has 1 aromatic carbocycles. The Morgan fingerprint density at radius 2 is 1.91 bits per heavy atom. The van der Waals surface area contributed by atoms with E-state index in [1.165, 1.54) is 38.5 Å². The zero-order chi connectivity index (χ0) is 23.9. The first-order valence-corrected chi connectivity index (χ1v) is 12.3. The molecule has 2 aromatic rings. The van der Waals surface area contributed by atoms with Crippen molar-refractivity contribution in [1.29, 1.82) is 0 Å². The molecule has 2 heterocycles. The minimum absolute atomic E-state index is 0.0980. The van der Waals surface area contributed by atoms with Crippen molar-refractivity contribution in [3.05, 3.63) is 34.2 Å². The number of fused-ring (bicyclic) bond motifs is 3. The number of thiophene rings is 1. The van der Waals surface area contributed by atoms with E-state index < -0.39 is 17.4 Å². The van der Waals surface area contributed by atoms with Crippen LogP contribution >= 0.6 is 11.3 Å². The molecular weight excluding hydrogens is 440 g/mol. The summed E-state index contributed by atoms with van der Waals surface area (Å²) in [5.41, 5.74) is 1.04. The van der Waals surface area contributed by atoms with Crippen LogP contribution < -0.4 is 0 Å². The second kappa shape index (κ2) is 8.89. The molecule has 1 unspecified atom stereocenters. The molecule has 0 saturated carbocycles. The molecule has 1 N–H and O–H groups in total. The highest BCUT2D eigenvalue weighted by Crippen LogP contribution is 2.37. The van der Waals surface area contributed by atoms with Crippen molar-refractivity contribution in [2.45, 2.75) is 64.3 Å². The van der Waals surface area contributed by atoms with Crippen molar-refractivity contribution in [3.63, 3.8) is 0 Å². The number of Topliss-reactive ketones (excluding diaryl/α,β-unsaturated/α-hetero) is 1. The number of hydrogen-bond donors (Lipinski definition) is 1. The fourth-order valence-electron chi connectivity index (χ4n) is 4.77. The van der Waals surface area contributed by atoms with Gasteiger partial charge in [0.15, 0.2) is 5.78 Å². The van der Waals surface area contributed by atoms with Crippen LogP contribution in [0, 0.1) is 5.92 Å². The van der Waals surface area contributed by atoms with E-state index in [0.29, 0.717) is 12.0 Å². The Labute approximate surface area is 197 Å². The summed E-state index contributed by atoms with van der Waals surface area (Å²) < 4.78 is 1.09. The summed E-state index contributed by atoms with van der Waals surface area (Å²) in [5.74, 6) is -2.37. The third kappa shape index (κ3) is 4.28. The number of carboxylic acids is 1. The van der Waals surface area contributed by atoms with Gasteiger partial charge in [-0.15, -0.1) is 11.3 Å². The molecule has 33 heavy (non-hydrogen) atoms. The van der Waals surface area contributed by atoms with E-state index in [4.69, 9.17) is 0 Å². The third-order valence-corrected chi connectivity index (χ3v) is 8.37. The van der Waals surface area contributed by atoms with Crippen LogP contribution in [-0.2, 0) is 22.4 Å². The number of benzene rings is 1. The van der Waals surface area contributed by atoms with Gasteiger partial charge >= 0.3 is 12.0 Å². The molecule has 1 saturated heterocycles. The van der Waals surface area contributed by atoms with Gasteiger partial charge in [0.05, 0.1) is 5.92 Å². The number of urea groups is 1. The number of carbonyl (C=O) groups excluding carboxylic acids is 3. The minimum Gasteiger partial charge on any atom is -0.481 e. The second-order valence-corrected chi connectivity index (χ2v) is 10.7. The molecule has 1 fully saturated rings. The number of carboxylic acid groups (broad SMARTS) is 1. The van der Waals surface area contributed by atoms with E-state index in [1.54, 1.807) is 32.2 Å². The van der Waals surface area contributed by atoms with Crippen molar-refractivity contribution < 1.29 is 24.3 Å². The first-order valence-electron chi connectivity index (χ1n) is 11.5. The average molecular weight is 471 g/mol. The van der Waals surface area contributed by atoms with Crippen LogP contribution in [0.1, 0.15) is 66.8 Å². The number of likely N-dealkylation sites (N-methyl/N-ethyl adjacent to an activating group) is 1. The van der Waals surface area contributed by atoms with Crippen LogP contribution in [-0.4, -0.2) is 57.7 Å². The summed E-state index contributed by atoms with van der Waals surface area (Å²) in [6.45, 7) is 3.52. The zero-order valence-corrected chi connectivity index (χ0v) is 20.2. The highest BCUT2D eigenvalue weighted by atomic mass is 32.1. The van der Waals surface area contributed by atoms with Crippen LogP contribution in [0.25, 0.3) is 10.1 Å². The number of aliphatic carboxylic acids is 1. The molecule has 7 nitrogen and oxygen atoms in total. The Bertz CT molecular complexity index is 1140. The topological polar surface area (TPSA) is 95.0 Å². The Hall–Kier alpha value is -2.74. The molecule has 176 valence electrons. The Morgan fingerprint density at radius 3 is 2.58 bits per heavy atom. The number of nitrogens with zero attached hydrogens (tertiary/aromatic N) is 2. The fraction of sp³-hybridized carbons (Fsp3) is 0.520. The van der Waals surface area contributed by atoms with Gasteiger partial charge < -0.3 is 10.0 Å². The van der Waals surface area contributed by atoms with Gasteiger partial charge in [-0.2, -0.15) is 0 Å². The van der Waals surface area contributed by atoms with Gasteiger partial charge in [0.1, 0.15) is 5.54 Å². The molecule has 1 aliphatic carbocycles. The maximum absolute atomic E-state index is 12.9. The molecule has 3 amide bonds. The van der Waals surface area contributed by atoms with Crippen LogP contribution in [0.3, 0.4) is 0 Å². The van der Waals surface area contributed by atoms with Gasteiger partial charge in [0.25, 0.3) is 5.91 Å². The lowest BCUT2D eigenvalue weighted by atomic mass is 9.92. The first kappa shape index (κ1) is 23.4. The summed E-state index contributed by atoms with van der Waals surface area (Å²) in [7, 11) is 1.58. The molecule has 1 aromatic heterocycles. The van der Waals surface area contributed by atoms with Gasteiger partial charge in [0, 0.05) is 35.2 Å². The third-order valence-electron chi connectivity index (χ3n) is 7.12. The maximum Gasteiger partial charge on any atom is 0.327 e. The predicted molar refractivity (Wildman–Crippen MR) is 127 cm³/mol. The predicted octanol–water partition coefficient (Wildman–Crippen LogP) is 4.51. The van der Waals surface area contributed by atoms with Crippen LogP contribution in [0.4, 0.5) is 4.79 Å². The van der Waals surface area contributed by atoms with E-state index in [-0.39, 0.29) is 37.1 Å². The number of amides is 3. The standard InChI is InChI=1S/C25H30N2O5S/c1-25(2)23(31)27(24(32)26(25)3)12-6-7-16(22(29)30)13-19(28)15-10-11-18-17-8-4-5-9-20(17)33-21(18)14-15/h10-11,14,16H,4-9,12-13H2,1-3H3,(H,29,30). The number of ketones is 1. The Balaban J connectivity index is 1.40. The van der Waals surface area contributed by atoms with Crippen molar-refractivity contribution in [1.82, 2.24) is 9.80 Å². The summed E-state index contributed by atoms with van der Waals surface area (Å²) in [4.78, 5) is 53.5. The van der Waals surface area contributed by atoms with E-state index in [1.807, 2.05) is 18.2 Å². The van der Waals surface area contributed by atoms with Crippen molar-refractivity contribution in [3.8, 4) is 0 Å². The zero-order valence-electron chi connectivity index (χ0n) is 19.3. The SMILES string of the molecule is CN1C(=O)N(CCCC(CC(=O)c2ccc3c4c(sc3c2)CCCC4)C(=O)O)C(=O)C1(C)C. The van der Waals surface area contributed by atoms with Gasteiger partial charge in [-0.05, 0) is 69.4 Å². The molecule has 1 atom stereocenters. The van der Waals surface area contributed by atoms with Crippen LogP contribution in [0.5, 0.6) is 0 Å². The summed E-state index contributed by atoms with van der Waals surface area (Å²) in [5, 5.41) is 10.9. The molecule has 8 heteroatoms. The highest BCUT2D eigenvalue weighted by Gasteiger charge is 2.48. The van der Waals surface area contributed by atoms with Crippen LogP contribution in [0.2, 0.25) is 0 Å². The summed E-state index contributed by atoms with van der Waals surface area (Å²) in [6, 6.07) is 5.34. The monoisotopic (exact) mass is 470 g/mol. The molecule has 4 rings (SSSR count). The molecule has 1 aliphatic heterocycles. The molecular formula is C25H30N2O5S. The molecule has 0 spiro atoms. The van der Waals surface area contributed by atoms with E-state index in [9.17, 15) is 24.3 Å². The number of rotatable bonds is 8. The van der Waals surface area contributed by atoms with Gasteiger partial charge in [-0.1, -0.05) is 12.1 Å². The normalized spacial score (nSPS) is 18.6. The highest BCUT2D eigenvalue weighted by molar-refractivity contribution is 7.19. The number of hydrogen-bond acceptors (Lipinski definition) is 5. The lowest BCUT2D eigenvalue weighted by Crippen LogP contribution is -2.41. The minimum atomic E-state index is -1.03. The van der Waals surface area contributed by atoms with E-state index in [0.717, 1.165) is 17.5 Å². The average Bonchev–Trinajstić information content (AvgIpc) is 3.22. The van der Waals surface area contributed by atoms with E-state index >= 15 is 0 Å². The largest absolute Gasteiger partial charge is 0.481 e. The van der Waals surface area contributed by atoms with Crippen molar-refractivity contribution >= 4 is 45.1 Å². The fourth-order valence-corrected chi connectivity index (χ4v) is 6.10. The maximum atomic E-state index is 12.9. The number of aryl methyl sites for hydroxylation is 2. The lowest BCUT2D eigenvalue weighted by molar-refractivity contribution is -0.141. The van der Waals surface area contributed by atoms with Crippen molar-refractivity contribution in [2.75, 3.05) is 13.6 Å². The summed E-state index contributed by atoms with van der Waals surface area (Å²) in [6.07, 6.45) is 5.03. The lowest BCUT2D eigenvalue weighted by Gasteiger charge is -2.22. The quantitative estimate of drug-likeness (QED) is 0.453. The molecule has 0 bridgehead atoms. The summed E-state index contributed by atoms with van der Waals surface area (Å²) >= 11 is 1.74. The van der Waals surface area contributed by atoms with E-state index in [2.05, 4.69) is 0 Å². The number of carbonyl (C=O) groups is 4. The first-order chi connectivity index (χ1) is 15.6. The second-order valence-electron chi connectivity index (χ2n) is 9.58. The van der Waals surface area contributed by atoms with Gasteiger partial charge in [-0.25, -0.2) is 4.79 Å². The van der Waals surface area contributed by atoms with Crippen molar-refractivity contribution in [2.24, 2.45) is 5.92 Å². The Kier molecular flexibility index (Phi) is 6.31. The number of imide groups is 1. The van der Waals surface area contributed by atoms with Crippen LogP contribution in [0.15, 0.2) is 18.2 Å². The van der Waals surface area contributed by atoms with Gasteiger partial charge in [0.2, 0.25) is 0 Å². The smallest absolute Gasteiger partial charge is 0.327 e. The Morgan fingerprint density at radius 1 is 1.18 bits per heavy atom. The molecule has 2 aliphatic rings. The van der Waals surface area contributed by atoms with Gasteiger partial charge in [-0.3, -0.25) is 19.3 Å².